The first-order chi connectivity index (χ1) is 58.6. The topological polar surface area (TPSA) is 373 Å². The third-order valence-corrected chi connectivity index (χ3v) is 75.3. The van der Waals surface area contributed by atoms with Crippen LogP contribution in [-0.4, -0.2) is 166 Å². The number of aliphatic hydroxyl groups is 1. The number of azide groups is 1. The molecule has 6 aliphatic heterocycles. The monoisotopic (exact) mass is 2370 g/mol. The number of amides is 9. The van der Waals surface area contributed by atoms with Crippen molar-refractivity contribution in [1.29, 1.82) is 0 Å². The van der Waals surface area contributed by atoms with Gasteiger partial charge in [-0.1, -0.05) is 30.7 Å². The molecule has 25 nitrogen and oxygen atoms in total. The van der Waals surface area contributed by atoms with Crippen LogP contribution in [0.1, 0.15) is 152 Å². The van der Waals surface area contributed by atoms with Gasteiger partial charge in [-0.3, -0.25) is 63.9 Å². The molecular formula is C60H84Cl3N12O13PS33. The number of nitrogens with one attached hydrogen (secondary N) is 5. The molecule has 686 valence electrons. The summed E-state index contributed by atoms with van der Waals surface area (Å²) in [6.07, 6.45) is 9.43. The number of rotatable bonds is 20. The lowest BCUT2D eigenvalue weighted by atomic mass is 10.0. The Bertz CT molecular complexity index is 5460. The molecule has 0 saturated carbocycles. The number of imide groups is 3. The first kappa shape index (κ1) is 122. The van der Waals surface area contributed by atoms with E-state index in [-0.39, 0.29) is 74.6 Å². The van der Waals surface area contributed by atoms with E-state index in [4.69, 9.17) is 106 Å². The Morgan fingerprint density at radius 3 is 1.06 bits per heavy atom. The molecule has 3 unspecified atom stereocenters. The second-order valence-corrected chi connectivity index (χ2v) is 75.7. The van der Waals surface area contributed by atoms with Gasteiger partial charge in [0.15, 0.2) is 0 Å². The summed E-state index contributed by atoms with van der Waals surface area (Å²) in [5.41, 5.74) is 20.8. The van der Waals surface area contributed by atoms with Gasteiger partial charge in [0.1, 0.15) is 24.4 Å². The standard InChI is InChI=1S/C17H20ClN3O3.C17H20N6O3.C13H13N3O3.C4H9ClO.C4H7ClO.C2H4O2.C2H7P.CH4.S17.S16/c18-8-1-2-9-19-13-5-3-4-11-12(13)10-21(17(11)24)14-6-7-15(22)20-16(14)23;18-22-20-9-2-1-8-19-13-5-3-4-11-12(13)10-23(17(11)26)14-6-7-15(24)21-16(14)25;14-9-3-1-2-7-8(9)6-16(13(7)19)10-4-5-11(17)15-12(10)18;2*5-3-1-2-4-6;1-2(3)4;1-3-2;;1-3-5-7-9-11-13-15-17-16-14-12-10-8-6-4-2;1-3-5-7-9-11-13-15-16-14-12-10-8-6-4-2/h3-5,14,19H,1-2,6-10H2,(H,20,22,23);3-5,14,19H,1-2,6-10H2,(H,21,24,25);1-3,10H,4-6,14H2,(H,15,17,18);6H,1-4H2;4H,1-3H2;1H3,(H,3,4);3H,1-2H3;1H4;;. The summed E-state index contributed by atoms with van der Waals surface area (Å²) in [5.74, 6) is -1.52. The number of fused-ring (bicyclic) bond motifs is 3. The summed E-state index contributed by atoms with van der Waals surface area (Å²) in [6.45, 7) is 8.67. The van der Waals surface area contributed by atoms with Gasteiger partial charge >= 0.3 is 0 Å². The molecule has 3 atom stereocenters. The number of alkyl halides is 3. The summed E-state index contributed by atoms with van der Waals surface area (Å²) in [6, 6.07) is 14.5. The van der Waals surface area contributed by atoms with Crippen molar-refractivity contribution in [2.24, 2.45) is 5.11 Å². The van der Waals surface area contributed by atoms with Crippen molar-refractivity contribution in [3.05, 3.63) is 98.4 Å². The molecule has 0 radical (unpaired) electrons. The average molecular weight is 2380 g/mol. The number of unbranched alkanes of at least 4 members (excludes halogenated alkanes) is 4. The fraction of sp³-hybridized carbons (Fsp3) is 0.517. The normalized spacial score (nSPS) is 14.7. The van der Waals surface area contributed by atoms with Gasteiger partial charge in [-0.05, 0) is 119 Å². The van der Waals surface area contributed by atoms with Crippen LogP contribution in [0.4, 0.5) is 17.1 Å². The lowest BCUT2D eigenvalue weighted by Crippen LogP contribution is -2.52. The summed E-state index contributed by atoms with van der Waals surface area (Å²) < 4.78 is 0. The van der Waals surface area contributed by atoms with Crippen molar-refractivity contribution in [2.75, 3.05) is 73.6 Å². The predicted molar refractivity (Wildman–Crippen MR) is 588 cm³/mol. The lowest BCUT2D eigenvalue weighted by molar-refractivity contribution is -0.138. The predicted octanol–water partition coefficient (Wildman–Crippen LogP) is 7.63. The molecule has 122 heavy (non-hydrogen) atoms. The number of carboxylic acid groups (broad SMARTS) is 1. The van der Waals surface area contributed by atoms with E-state index >= 15 is 0 Å². The molecule has 62 heteroatoms. The molecule has 9 rings (SSSR count). The maximum absolute atomic E-state index is 12.7. The number of nitrogen functional groups attached to an aromatic ring is 1. The zero-order valence-corrected chi connectivity index (χ0v) is 93.4. The summed E-state index contributed by atoms with van der Waals surface area (Å²) in [4.78, 5) is 133. The van der Waals surface area contributed by atoms with Crippen LogP contribution in [0.15, 0.2) is 59.7 Å². The molecule has 3 saturated heterocycles. The van der Waals surface area contributed by atoms with Crippen molar-refractivity contribution in [2.45, 2.75) is 142 Å². The van der Waals surface area contributed by atoms with E-state index in [1.165, 1.54) is 40.4 Å². The Kier molecular flexibility index (Phi) is 81.5. The number of nitrogens with zero attached hydrogens (tertiary/aromatic N) is 6. The average Bonchev–Trinajstić information content (AvgIpc) is 1.65. The Hall–Kier alpha value is -0.140. The Morgan fingerprint density at radius 2 is 0.795 bits per heavy atom. The number of anilines is 3. The SMILES string of the molecule is C.CC(=O)O.CPC.Nc1cccc2c1CN(C1CCC(=O)NC1=O)C2=O.O=C1CCC(N2Cc3c(NCCCCCl)cccc3C2=O)C(=O)N1.O=CCCCCl.OCCCCCl.S=S=S=S=S=S=S=S=S=S=S=S=S=S=S=S.S=S=S=S=S=S=S=S=S=S=S=S=S=S=S=S=S.[N-]=[N+]=NCCCCNc1cccc2c1CN(C1CCC(=O)NC1=O)C2=O. The van der Waals surface area contributed by atoms with Crippen LogP contribution in [0.25, 0.3) is 10.4 Å². The van der Waals surface area contributed by atoms with Gasteiger partial charge in [-0.2, -0.15) is 0 Å². The highest BCUT2D eigenvalue weighted by Gasteiger charge is 2.42. The molecule has 0 bridgehead atoms. The number of halogens is 3. The molecule has 0 aromatic heterocycles. The minimum atomic E-state index is -0.833. The number of piperidine rings is 3. The Balaban J connectivity index is 0.00000143. The van der Waals surface area contributed by atoms with E-state index in [9.17, 15) is 47.9 Å². The number of hydrogen-bond donors (Lipinski definition) is 8. The van der Waals surface area contributed by atoms with Gasteiger partial charge < -0.3 is 46.1 Å². The molecule has 9 amide bonds. The summed E-state index contributed by atoms with van der Waals surface area (Å²) in [5, 5.41) is 32.6. The van der Waals surface area contributed by atoms with E-state index in [1.807, 2.05) is 24.3 Å². The Morgan fingerprint density at radius 1 is 0.508 bits per heavy atom. The van der Waals surface area contributed by atoms with Gasteiger partial charge in [-0.25, -0.2) is 0 Å². The molecular weight excluding hydrogens is 2290 g/mol. The molecule has 0 spiro atoms. The van der Waals surface area contributed by atoms with Gasteiger partial charge in [-0.15, -0.1) is 43.4 Å². The number of carbonyl (C=O) groups is 11. The molecule has 3 aromatic carbocycles. The van der Waals surface area contributed by atoms with Crippen molar-refractivity contribution in [3.63, 3.8) is 0 Å². The minimum Gasteiger partial charge on any atom is -0.481 e. The van der Waals surface area contributed by atoms with Crippen LogP contribution in [0, 0.1) is 0 Å². The lowest BCUT2D eigenvalue weighted by Gasteiger charge is -2.29. The number of carbonyl (C=O) groups excluding carboxylic acids is 10. The van der Waals surface area contributed by atoms with Gasteiger partial charge in [0.2, 0.25) is 35.4 Å². The van der Waals surface area contributed by atoms with E-state index in [0.29, 0.717) is 98.4 Å². The third-order valence-electron chi connectivity index (χ3n) is 14.5. The number of carboxylic acids is 1. The third kappa shape index (κ3) is 54.8. The number of aliphatic carboxylic acids is 1. The highest BCUT2D eigenvalue weighted by atomic mass is 35.5. The number of aliphatic hydroxyl groups excluding tert-OH is 1. The largest absolute Gasteiger partial charge is 0.481 e. The summed E-state index contributed by atoms with van der Waals surface area (Å²) in [7, 11) is 50.0. The molecule has 0 aliphatic carbocycles. The fourth-order valence-electron chi connectivity index (χ4n) is 9.78. The first-order valence-corrected chi connectivity index (χ1v) is 78.9. The number of nitrogens with two attached hydrogens (primary N) is 1. The maximum Gasteiger partial charge on any atom is 0.300 e. The smallest absolute Gasteiger partial charge is 0.300 e. The minimum absolute atomic E-state index is 0. The quantitative estimate of drug-likeness (QED) is 0.00620. The maximum atomic E-state index is 12.7. The number of benzene rings is 3. The van der Waals surface area contributed by atoms with Crippen LogP contribution in [0.2, 0.25) is 0 Å². The second-order valence-electron chi connectivity index (χ2n) is 22.3. The van der Waals surface area contributed by atoms with Crippen LogP contribution in [0.5, 0.6) is 0 Å². The van der Waals surface area contributed by atoms with E-state index in [0.717, 1.165) is 101 Å². The van der Waals surface area contributed by atoms with Gasteiger partial charge in [0, 0.05) is 454 Å². The Labute approximate surface area is 828 Å². The van der Waals surface area contributed by atoms with Crippen LogP contribution in [-0.2, 0) is 360 Å². The highest BCUT2D eigenvalue weighted by Crippen LogP contribution is 2.35. The van der Waals surface area contributed by atoms with Crippen molar-refractivity contribution in [3.8, 4) is 0 Å². The molecule has 3 fully saturated rings. The zero-order valence-electron chi connectivity index (χ0n) is 63.2. The van der Waals surface area contributed by atoms with Crippen LogP contribution >= 0.6 is 43.4 Å². The van der Waals surface area contributed by atoms with E-state index in [1.54, 1.807) is 262 Å². The molecule has 6 aliphatic rings. The highest BCUT2D eigenvalue weighted by molar-refractivity contribution is 8.78. The second kappa shape index (κ2) is 81.6. The van der Waals surface area contributed by atoms with Crippen molar-refractivity contribution < 1.29 is 63.0 Å². The van der Waals surface area contributed by atoms with Crippen LogP contribution < -0.4 is 32.3 Å². The van der Waals surface area contributed by atoms with E-state index in [2.05, 4.69) is 49.9 Å². The molecule has 3 aromatic rings. The van der Waals surface area contributed by atoms with Gasteiger partial charge in [0.05, 0.1) is 0 Å². The first-order valence-electron chi connectivity index (χ1n) is 34.0. The number of aldehydes is 1. The van der Waals surface area contributed by atoms with Crippen molar-refractivity contribution >= 4 is 428 Å². The van der Waals surface area contributed by atoms with Crippen LogP contribution in [0.3, 0.4) is 0 Å². The summed E-state index contributed by atoms with van der Waals surface area (Å²) >= 11 is 35.1. The van der Waals surface area contributed by atoms with E-state index < -0.39 is 35.9 Å². The van der Waals surface area contributed by atoms with Gasteiger partial charge in [0.25, 0.3) is 23.7 Å². The molecule has 9 N–H and O–H groups in total. The zero-order chi connectivity index (χ0) is 89.6. The van der Waals surface area contributed by atoms with Crippen molar-refractivity contribution in [1.82, 2.24) is 30.7 Å². The number of hydrogen-bond acceptors (Lipinski definition) is 20. The fourth-order valence-corrected chi connectivity index (χ4v) is 78.9. The molecule has 6 heterocycles.